The highest BCUT2D eigenvalue weighted by Gasteiger charge is 2.20. The third-order valence-corrected chi connectivity index (χ3v) is 4.88. The van der Waals surface area contributed by atoms with Crippen molar-refractivity contribution in [3.8, 4) is 17.3 Å². The number of aryl methyl sites for hydroxylation is 2. The van der Waals surface area contributed by atoms with E-state index in [2.05, 4.69) is 5.16 Å². The Hall–Kier alpha value is -3.55. The van der Waals surface area contributed by atoms with Crippen LogP contribution in [0.3, 0.4) is 0 Å². The van der Waals surface area contributed by atoms with Gasteiger partial charge in [0.15, 0.2) is 23.9 Å². The lowest BCUT2D eigenvalue weighted by Crippen LogP contribution is -2.15. The predicted octanol–water partition coefficient (Wildman–Crippen LogP) is 4.47. The molecule has 0 bridgehead atoms. The highest BCUT2D eigenvalue weighted by molar-refractivity contribution is 6.00. The SMILES string of the molecule is COc1cc(C(=O)OCC(=O)c2cc(C)n(-c3cc(C)on3)c2C)ccc1OCC(C)C. The zero-order chi connectivity index (χ0) is 23.4. The number of ether oxygens (including phenoxy) is 3. The molecule has 0 atom stereocenters. The maximum atomic E-state index is 12.8. The maximum Gasteiger partial charge on any atom is 0.338 e. The maximum absolute atomic E-state index is 12.8. The molecule has 0 amide bonds. The molecule has 170 valence electrons. The van der Waals surface area contributed by atoms with E-state index >= 15 is 0 Å². The molecule has 0 radical (unpaired) electrons. The molecule has 0 aliphatic carbocycles. The summed E-state index contributed by atoms with van der Waals surface area (Å²) in [6, 6.07) is 8.33. The fourth-order valence-electron chi connectivity index (χ4n) is 3.32. The number of ketones is 1. The third kappa shape index (κ3) is 5.01. The number of benzene rings is 1. The van der Waals surface area contributed by atoms with E-state index in [1.807, 2.05) is 32.3 Å². The second kappa shape index (κ2) is 9.72. The van der Waals surface area contributed by atoms with Gasteiger partial charge in [0.25, 0.3) is 0 Å². The van der Waals surface area contributed by atoms with Crippen LogP contribution in [0.25, 0.3) is 5.82 Å². The normalized spacial score (nSPS) is 11.0. The number of carbonyl (C=O) groups excluding carboxylic acids is 2. The van der Waals surface area contributed by atoms with Gasteiger partial charge in [-0.1, -0.05) is 19.0 Å². The van der Waals surface area contributed by atoms with Gasteiger partial charge in [-0.25, -0.2) is 4.79 Å². The Kier molecular flexibility index (Phi) is 7.02. The van der Waals surface area contributed by atoms with Crippen LogP contribution in [-0.4, -0.2) is 41.8 Å². The minimum Gasteiger partial charge on any atom is -0.493 e. The van der Waals surface area contributed by atoms with Gasteiger partial charge in [0.2, 0.25) is 5.78 Å². The Labute approximate surface area is 187 Å². The molecule has 8 nitrogen and oxygen atoms in total. The molecule has 32 heavy (non-hydrogen) atoms. The van der Waals surface area contributed by atoms with Gasteiger partial charge in [0.1, 0.15) is 5.76 Å². The van der Waals surface area contributed by atoms with E-state index in [1.54, 1.807) is 37.3 Å². The first-order chi connectivity index (χ1) is 15.2. The number of hydrogen-bond acceptors (Lipinski definition) is 7. The van der Waals surface area contributed by atoms with Gasteiger partial charge < -0.3 is 18.7 Å². The predicted molar refractivity (Wildman–Crippen MR) is 118 cm³/mol. The number of esters is 1. The molecule has 2 heterocycles. The molecule has 0 saturated carbocycles. The monoisotopic (exact) mass is 440 g/mol. The summed E-state index contributed by atoms with van der Waals surface area (Å²) in [5, 5.41) is 4.01. The molecule has 8 heteroatoms. The quantitative estimate of drug-likeness (QED) is 0.358. The number of methoxy groups -OCH3 is 1. The van der Waals surface area contributed by atoms with Crippen LogP contribution in [0.15, 0.2) is 34.9 Å². The van der Waals surface area contributed by atoms with Gasteiger partial charge in [0.05, 0.1) is 19.3 Å². The number of aromatic nitrogens is 2. The molecule has 0 aliphatic rings. The molecule has 0 spiro atoms. The van der Waals surface area contributed by atoms with E-state index < -0.39 is 5.97 Å². The minimum atomic E-state index is -0.618. The number of Topliss-reactive ketones (excluding diaryl/α,β-unsaturated/α-hetero) is 1. The van der Waals surface area contributed by atoms with Crippen molar-refractivity contribution >= 4 is 11.8 Å². The summed E-state index contributed by atoms with van der Waals surface area (Å²) in [5.41, 5.74) is 2.26. The molecule has 3 aromatic rings. The van der Waals surface area contributed by atoms with E-state index in [1.165, 1.54) is 7.11 Å². The lowest BCUT2D eigenvalue weighted by molar-refractivity contribution is 0.0474. The third-order valence-electron chi connectivity index (χ3n) is 4.88. The van der Waals surface area contributed by atoms with Crippen molar-refractivity contribution < 1.29 is 28.3 Å². The Morgan fingerprint density at radius 2 is 1.84 bits per heavy atom. The molecule has 0 aliphatic heterocycles. The molecule has 1 aromatic carbocycles. The standard InChI is InChI=1S/C24H28N2O6/c1-14(2)12-30-21-8-7-18(11-22(21)29-6)24(28)31-13-20(27)19-9-15(3)26(17(19)5)23-10-16(4)32-25-23/h7-11,14H,12-13H2,1-6H3. The van der Waals surface area contributed by atoms with Crippen molar-refractivity contribution in [1.82, 2.24) is 9.72 Å². The van der Waals surface area contributed by atoms with E-state index in [0.29, 0.717) is 46.9 Å². The van der Waals surface area contributed by atoms with Crippen molar-refractivity contribution in [3.05, 3.63) is 58.6 Å². The molecule has 2 aromatic heterocycles. The zero-order valence-corrected chi connectivity index (χ0v) is 19.2. The Morgan fingerprint density at radius 1 is 1.09 bits per heavy atom. The first kappa shape index (κ1) is 23.1. The van der Waals surface area contributed by atoms with Crippen LogP contribution in [0.5, 0.6) is 11.5 Å². The largest absolute Gasteiger partial charge is 0.493 e. The first-order valence-electron chi connectivity index (χ1n) is 10.3. The van der Waals surface area contributed by atoms with Crippen LogP contribution >= 0.6 is 0 Å². The van der Waals surface area contributed by atoms with Crippen LogP contribution < -0.4 is 9.47 Å². The Morgan fingerprint density at radius 3 is 2.47 bits per heavy atom. The number of nitrogens with zero attached hydrogens (tertiary/aromatic N) is 2. The average Bonchev–Trinajstić information content (AvgIpc) is 3.31. The van der Waals surface area contributed by atoms with Crippen LogP contribution in [0, 0.1) is 26.7 Å². The lowest BCUT2D eigenvalue weighted by atomic mass is 10.1. The van der Waals surface area contributed by atoms with Gasteiger partial charge in [-0.15, -0.1) is 0 Å². The lowest BCUT2D eigenvalue weighted by Gasteiger charge is -2.13. The molecule has 3 rings (SSSR count). The highest BCUT2D eigenvalue weighted by atomic mass is 16.5. The van der Waals surface area contributed by atoms with Crippen LogP contribution in [0.2, 0.25) is 0 Å². The van der Waals surface area contributed by atoms with Gasteiger partial charge in [-0.2, -0.15) is 0 Å². The van der Waals surface area contributed by atoms with Crippen molar-refractivity contribution in [3.63, 3.8) is 0 Å². The van der Waals surface area contributed by atoms with Gasteiger partial charge in [0, 0.05) is 23.0 Å². The number of hydrogen-bond donors (Lipinski definition) is 0. The summed E-state index contributed by atoms with van der Waals surface area (Å²) in [6.45, 7) is 9.71. The van der Waals surface area contributed by atoms with Gasteiger partial charge in [-0.3, -0.25) is 9.36 Å². The number of carbonyl (C=O) groups is 2. The number of rotatable bonds is 9. The van der Waals surface area contributed by atoms with E-state index in [0.717, 1.165) is 5.69 Å². The molecular formula is C24H28N2O6. The van der Waals surface area contributed by atoms with Gasteiger partial charge in [-0.05, 0) is 51.0 Å². The highest BCUT2D eigenvalue weighted by Crippen LogP contribution is 2.29. The zero-order valence-electron chi connectivity index (χ0n) is 19.2. The van der Waals surface area contributed by atoms with E-state index in [4.69, 9.17) is 18.7 Å². The summed E-state index contributed by atoms with van der Waals surface area (Å²) < 4.78 is 23.3. The summed E-state index contributed by atoms with van der Waals surface area (Å²) in [4.78, 5) is 25.3. The Balaban J connectivity index is 1.69. The smallest absolute Gasteiger partial charge is 0.338 e. The van der Waals surface area contributed by atoms with Crippen molar-refractivity contribution in [2.45, 2.75) is 34.6 Å². The van der Waals surface area contributed by atoms with E-state index in [-0.39, 0.29) is 18.0 Å². The second-order valence-corrected chi connectivity index (χ2v) is 7.99. The van der Waals surface area contributed by atoms with Crippen molar-refractivity contribution in [1.29, 1.82) is 0 Å². The van der Waals surface area contributed by atoms with Crippen molar-refractivity contribution in [2.75, 3.05) is 20.3 Å². The molecular weight excluding hydrogens is 412 g/mol. The van der Waals surface area contributed by atoms with Crippen LogP contribution in [-0.2, 0) is 4.74 Å². The first-order valence-corrected chi connectivity index (χ1v) is 10.3. The second-order valence-electron chi connectivity index (χ2n) is 7.99. The Bertz CT molecular complexity index is 1130. The summed E-state index contributed by atoms with van der Waals surface area (Å²) in [5.74, 6) is 1.67. The summed E-state index contributed by atoms with van der Waals surface area (Å²) in [6.07, 6.45) is 0. The molecule has 0 fully saturated rings. The van der Waals surface area contributed by atoms with Gasteiger partial charge >= 0.3 is 5.97 Å². The molecule has 0 N–H and O–H groups in total. The molecule has 0 saturated heterocycles. The fraction of sp³-hybridized carbons (Fsp3) is 0.375. The summed E-state index contributed by atoms with van der Waals surface area (Å²) >= 11 is 0. The van der Waals surface area contributed by atoms with Crippen LogP contribution in [0.4, 0.5) is 0 Å². The summed E-state index contributed by atoms with van der Waals surface area (Å²) in [7, 11) is 1.50. The minimum absolute atomic E-state index is 0.273. The fourth-order valence-corrected chi connectivity index (χ4v) is 3.32. The van der Waals surface area contributed by atoms with Crippen LogP contribution in [0.1, 0.15) is 51.7 Å². The average molecular weight is 440 g/mol. The topological polar surface area (TPSA) is 92.8 Å². The molecule has 0 unspecified atom stereocenters. The van der Waals surface area contributed by atoms with E-state index in [9.17, 15) is 9.59 Å². The van der Waals surface area contributed by atoms with Crippen molar-refractivity contribution in [2.24, 2.45) is 5.92 Å².